The second-order valence-corrected chi connectivity index (χ2v) is 6.78. The summed E-state index contributed by atoms with van der Waals surface area (Å²) in [6.07, 6.45) is 1.17. The van der Waals surface area contributed by atoms with Crippen LogP contribution in [0.5, 0.6) is 5.75 Å². The van der Waals surface area contributed by atoms with Crippen molar-refractivity contribution in [2.45, 2.75) is 18.8 Å². The van der Waals surface area contributed by atoms with Crippen LogP contribution in [0, 0.1) is 0 Å². The molecular formula is C22H17NO3. The molecule has 4 heteroatoms. The standard InChI is InChI=1S/C22H17NO3/c1-26-17-9-5-4-8-14(17)18-19-15(10-11-16(19)24)23-21-12-6-2-3-7-13(12)22(25)20(18)21/h2-9,18,23H,10-11H2,1H3. The lowest BCUT2D eigenvalue weighted by molar-refractivity contribution is -0.115. The van der Waals surface area contributed by atoms with Crippen LogP contribution < -0.4 is 10.1 Å². The molecule has 2 aromatic carbocycles. The third-order valence-corrected chi connectivity index (χ3v) is 5.49. The van der Waals surface area contributed by atoms with Gasteiger partial charge in [0.05, 0.1) is 12.8 Å². The van der Waals surface area contributed by atoms with Crippen molar-refractivity contribution in [2.24, 2.45) is 0 Å². The Morgan fingerprint density at radius 2 is 1.65 bits per heavy atom. The first-order chi connectivity index (χ1) is 12.7. The summed E-state index contributed by atoms with van der Waals surface area (Å²) in [4.78, 5) is 25.9. The molecule has 2 aromatic rings. The Labute approximate surface area is 151 Å². The van der Waals surface area contributed by atoms with E-state index in [1.54, 1.807) is 7.11 Å². The van der Waals surface area contributed by atoms with Crippen molar-refractivity contribution in [3.8, 4) is 5.75 Å². The van der Waals surface area contributed by atoms with Crippen molar-refractivity contribution in [1.82, 2.24) is 5.32 Å². The lowest BCUT2D eigenvalue weighted by Crippen LogP contribution is -2.26. The number of nitrogens with one attached hydrogen (secondary N) is 1. The summed E-state index contributed by atoms with van der Waals surface area (Å²) in [5.41, 5.74) is 5.63. The maximum absolute atomic E-state index is 13.2. The third-order valence-electron chi connectivity index (χ3n) is 5.49. The summed E-state index contributed by atoms with van der Waals surface area (Å²) in [6, 6.07) is 15.3. The fourth-order valence-corrected chi connectivity index (χ4v) is 4.37. The maximum atomic E-state index is 13.2. The Kier molecular flexibility index (Phi) is 3.16. The minimum Gasteiger partial charge on any atom is -0.496 e. The van der Waals surface area contributed by atoms with E-state index in [1.165, 1.54) is 0 Å². The molecule has 0 bridgehead atoms. The highest BCUT2D eigenvalue weighted by atomic mass is 16.5. The van der Waals surface area contributed by atoms with Gasteiger partial charge in [0.15, 0.2) is 11.6 Å². The molecule has 1 heterocycles. The molecule has 1 atom stereocenters. The molecule has 0 fully saturated rings. The maximum Gasteiger partial charge on any atom is 0.192 e. The van der Waals surface area contributed by atoms with Crippen molar-refractivity contribution in [2.75, 3.05) is 7.11 Å². The van der Waals surface area contributed by atoms with Gasteiger partial charge >= 0.3 is 0 Å². The molecule has 0 aromatic heterocycles. The molecule has 3 aliphatic rings. The number of Topliss-reactive ketones (excluding diaryl/α,β-unsaturated/α-hetero) is 2. The Bertz CT molecular complexity index is 1040. The SMILES string of the molecule is COc1ccccc1C1C2=C(CCC2=O)NC2=C1C(=O)c1ccccc12. The van der Waals surface area contributed by atoms with E-state index >= 15 is 0 Å². The number of para-hydroxylation sites is 1. The Morgan fingerprint density at radius 1 is 0.923 bits per heavy atom. The van der Waals surface area contributed by atoms with Gasteiger partial charge in [-0.3, -0.25) is 9.59 Å². The highest BCUT2D eigenvalue weighted by Gasteiger charge is 2.45. The van der Waals surface area contributed by atoms with Crippen molar-refractivity contribution in [1.29, 1.82) is 0 Å². The van der Waals surface area contributed by atoms with E-state index in [0.29, 0.717) is 29.7 Å². The van der Waals surface area contributed by atoms with E-state index in [1.807, 2.05) is 48.5 Å². The van der Waals surface area contributed by atoms with Crippen LogP contribution in [0.25, 0.3) is 5.70 Å². The first kappa shape index (κ1) is 15.1. The summed E-state index contributed by atoms with van der Waals surface area (Å²) in [5, 5.41) is 3.41. The van der Waals surface area contributed by atoms with Crippen LogP contribution in [0.2, 0.25) is 0 Å². The molecule has 4 nitrogen and oxygen atoms in total. The van der Waals surface area contributed by atoms with Crippen LogP contribution in [0.1, 0.15) is 40.2 Å². The second-order valence-electron chi connectivity index (χ2n) is 6.78. The first-order valence-electron chi connectivity index (χ1n) is 8.75. The van der Waals surface area contributed by atoms with Gasteiger partial charge in [-0.25, -0.2) is 0 Å². The number of rotatable bonds is 2. The normalized spacial score (nSPS) is 20.7. The van der Waals surface area contributed by atoms with Gasteiger partial charge in [-0.15, -0.1) is 0 Å². The smallest absolute Gasteiger partial charge is 0.192 e. The number of benzene rings is 2. The van der Waals surface area contributed by atoms with Crippen LogP contribution in [0.15, 0.2) is 65.4 Å². The second kappa shape index (κ2) is 5.43. The molecule has 0 spiro atoms. The molecule has 0 saturated carbocycles. The zero-order chi connectivity index (χ0) is 17.8. The highest BCUT2D eigenvalue weighted by Crippen LogP contribution is 2.50. The van der Waals surface area contributed by atoms with Gasteiger partial charge in [-0.2, -0.15) is 0 Å². The fraction of sp³-hybridized carbons (Fsp3) is 0.182. The van der Waals surface area contributed by atoms with Crippen LogP contribution >= 0.6 is 0 Å². The number of ether oxygens (including phenoxy) is 1. The number of dihydropyridines is 1. The van der Waals surface area contributed by atoms with Crippen molar-refractivity contribution in [3.05, 3.63) is 82.1 Å². The van der Waals surface area contributed by atoms with E-state index in [9.17, 15) is 9.59 Å². The number of ketones is 2. The molecule has 128 valence electrons. The summed E-state index contributed by atoms with van der Waals surface area (Å²) < 4.78 is 5.55. The molecule has 1 unspecified atom stereocenters. The van der Waals surface area contributed by atoms with Gasteiger partial charge in [-0.1, -0.05) is 42.5 Å². The summed E-state index contributed by atoms with van der Waals surface area (Å²) in [6.45, 7) is 0. The van der Waals surface area contributed by atoms with Crippen molar-refractivity contribution >= 4 is 17.3 Å². The Morgan fingerprint density at radius 3 is 2.46 bits per heavy atom. The van der Waals surface area contributed by atoms with E-state index in [2.05, 4.69) is 5.32 Å². The number of hydrogen-bond acceptors (Lipinski definition) is 4. The average Bonchev–Trinajstić information content (AvgIpc) is 3.19. The predicted octanol–water partition coefficient (Wildman–Crippen LogP) is 3.61. The molecular weight excluding hydrogens is 326 g/mol. The quantitative estimate of drug-likeness (QED) is 0.905. The first-order valence-corrected chi connectivity index (χ1v) is 8.75. The van der Waals surface area contributed by atoms with Crippen molar-refractivity contribution in [3.63, 3.8) is 0 Å². The Hall–Kier alpha value is -3.14. The summed E-state index contributed by atoms with van der Waals surface area (Å²) in [5.74, 6) is 0.415. The van der Waals surface area contributed by atoms with E-state index < -0.39 is 0 Å². The van der Waals surface area contributed by atoms with Gasteiger partial charge in [0.2, 0.25) is 0 Å². The lowest BCUT2D eigenvalue weighted by atomic mass is 9.79. The lowest BCUT2D eigenvalue weighted by Gasteiger charge is -2.28. The monoisotopic (exact) mass is 343 g/mol. The largest absolute Gasteiger partial charge is 0.496 e. The van der Waals surface area contributed by atoms with Crippen molar-refractivity contribution < 1.29 is 14.3 Å². The summed E-state index contributed by atoms with van der Waals surface area (Å²) >= 11 is 0. The number of methoxy groups -OCH3 is 1. The zero-order valence-electron chi connectivity index (χ0n) is 14.3. The molecule has 0 amide bonds. The fourth-order valence-electron chi connectivity index (χ4n) is 4.37. The topological polar surface area (TPSA) is 55.4 Å². The number of fused-ring (bicyclic) bond motifs is 2. The van der Waals surface area contributed by atoms with E-state index in [-0.39, 0.29) is 17.5 Å². The Balaban J connectivity index is 1.78. The number of hydrogen-bond donors (Lipinski definition) is 1. The van der Waals surface area contributed by atoms with Crippen LogP contribution in [0.3, 0.4) is 0 Å². The molecule has 26 heavy (non-hydrogen) atoms. The van der Waals surface area contributed by atoms with Gasteiger partial charge < -0.3 is 10.1 Å². The van der Waals surface area contributed by atoms with E-state index in [0.717, 1.165) is 28.1 Å². The third kappa shape index (κ3) is 1.90. The molecule has 0 radical (unpaired) electrons. The molecule has 2 aliphatic carbocycles. The highest BCUT2D eigenvalue weighted by molar-refractivity contribution is 6.23. The molecule has 1 N–H and O–H groups in total. The van der Waals surface area contributed by atoms with Gasteiger partial charge in [0, 0.05) is 45.9 Å². The predicted molar refractivity (Wildman–Crippen MR) is 97.8 cm³/mol. The van der Waals surface area contributed by atoms with Gasteiger partial charge in [0.25, 0.3) is 0 Å². The molecule has 5 rings (SSSR count). The minimum absolute atomic E-state index is 0.00902. The van der Waals surface area contributed by atoms with Gasteiger partial charge in [-0.05, 0) is 12.5 Å². The number of carbonyl (C=O) groups excluding carboxylic acids is 2. The van der Waals surface area contributed by atoms with Crippen LogP contribution in [-0.2, 0) is 4.79 Å². The molecule has 1 aliphatic heterocycles. The van der Waals surface area contributed by atoms with E-state index in [4.69, 9.17) is 4.74 Å². The number of carbonyl (C=O) groups is 2. The zero-order valence-corrected chi connectivity index (χ0v) is 14.3. The average molecular weight is 343 g/mol. The number of allylic oxidation sites excluding steroid dienone is 3. The van der Waals surface area contributed by atoms with Gasteiger partial charge in [0.1, 0.15) is 5.75 Å². The summed E-state index contributed by atoms with van der Waals surface area (Å²) in [7, 11) is 1.62. The van der Waals surface area contributed by atoms with Crippen LogP contribution in [0.4, 0.5) is 0 Å². The minimum atomic E-state index is -0.382. The molecule has 0 saturated heterocycles. The van der Waals surface area contributed by atoms with Crippen LogP contribution in [-0.4, -0.2) is 18.7 Å².